The van der Waals surface area contributed by atoms with Gasteiger partial charge in [-0.1, -0.05) is 23.8 Å². The van der Waals surface area contributed by atoms with Crippen molar-refractivity contribution in [2.24, 2.45) is 0 Å². The molecule has 1 N–H and O–H groups in total. The van der Waals surface area contributed by atoms with Gasteiger partial charge in [-0.15, -0.1) is 0 Å². The van der Waals surface area contributed by atoms with E-state index in [4.69, 9.17) is 9.47 Å². The SMILES string of the molecule is Cc1cc(C)cc(OCC(=O)O[C@H](C)C(=O)Nc2ccc(C)cc2C)c1. The lowest BCUT2D eigenvalue weighted by atomic mass is 10.1. The average Bonchev–Trinajstić information content (AvgIpc) is 2.54. The zero-order valence-electron chi connectivity index (χ0n) is 15.9. The lowest BCUT2D eigenvalue weighted by Crippen LogP contribution is -2.31. The second-order valence-corrected chi connectivity index (χ2v) is 6.55. The molecule has 0 spiro atoms. The molecule has 2 rings (SSSR count). The molecule has 0 heterocycles. The maximum atomic E-state index is 12.2. The number of amides is 1. The number of anilines is 1. The van der Waals surface area contributed by atoms with Crippen LogP contribution in [-0.4, -0.2) is 24.6 Å². The van der Waals surface area contributed by atoms with Gasteiger partial charge in [-0.05, 0) is 69.5 Å². The summed E-state index contributed by atoms with van der Waals surface area (Å²) in [5.41, 5.74) is 4.87. The summed E-state index contributed by atoms with van der Waals surface area (Å²) < 4.78 is 10.6. The number of aryl methyl sites for hydroxylation is 4. The molecule has 0 saturated carbocycles. The predicted octanol–water partition coefficient (Wildman–Crippen LogP) is 3.87. The van der Waals surface area contributed by atoms with Crippen molar-refractivity contribution in [3.63, 3.8) is 0 Å². The average molecular weight is 355 g/mol. The summed E-state index contributed by atoms with van der Waals surface area (Å²) >= 11 is 0. The normalized spacial score (nSPS) is 11.6. The number of hydrogen-bond acceptors (Lipinski definition) is 4. The zero-order chi connectivity index (χ0) is 19.3. The largest absolute Gasteiger partial charge is 0.482 e. The van der Waals surface area contributed by atoms with Crippen LogP contribution in [0.4, 0.5) is 5.69 Å². The number of carbonyl (C=O) groups excluding carboxylic acids is 2. The molecular weight excluding hydrogens is 330 g/mol. The van der Waals surface area contributed by atoms with E-state index in [9.17, 15) is 9.59 Å². The van der Waals surface area contributed by atoms with Gasteiger partial charge in [0.2, 0.25) is 0 Å². The number of rotatable bonds is 6. The Hall–Kier alpha value is -2.82. The van der Waals surface area contributed by atoms with E-state index in [0.717, 1.165) is 22.3 Å². The van der Waals surface area contributed by atoms with Crippen LogP contribution in [0, 0.1) is 27.7 Å². The summed E-state index contributed by atoms with van der Waals surface area (Å²) in [5.74, 6) is -0.365. The molecule has 0 aromatic heterocycles. The fourth-order valence-electron chi connectivity index (χ4n) is 2.63. The van der Waals surface area contributed by atoms with Crippen LogP contribution in [0.15, 0.2) is 36.4 Å². The van der Waals surface area contributed by atoms with Crippen LogP contribution in [0.1, 0.15) is 29.2 Å². The molecular formula is C21H25NO4. The summed E-state index contributed by atoms with van der Waals surface area (Å²) in [6.45, 7) is 9.10. The van der Waals surface area contributed by atoms with Gasteiger partial charge in [-0.3, -0.25) is 4.79 Å². The van der Waals surface area contributed by atoms with E-state index in [0.29, 0.717) is 11.4 Å². The van der Waals surface area contributed by atoms with Gasteiger partial charge in [0.15, 0.2) is 12.7 Å². The molecule has 0 unspecified atom stereocenters. The highest BCUT2D eigenvalue weighted by Crippen LogP contribution is 2.17. The van der Waals surface area contributed by atoms with Gasteiger partial charge < -0.3 is 14.8 Å². The minimum Gasteiger partial charge on any atom is -0.482 e. The van der Waals surface area contributed by atoms with Crippen LogP contribution in [0.2, 0.25) is 0 Å². The highest BCUT2D eigenvalue weighted by molar-refractivity contribution is 5.95. The van der Waals surface area contributed by atoms with Crippen molar-refractivity contribution >= 4 is 17.6 Å². The summed E-state index contributed by atoms with van der Waals surface area (Å²) in [6, 6.07) is 11.4. The topological polar surface area (TPSA) is 64.6 Å². The van der Waals surface area contributed by atoms with Crippen molar-refractivity contribution in [3.05, 3.63) is 58.7 Å². The van der Waals surface area contributed by atoms with E-state index < -0.39 is 12.1 Å². The smallest absolute Gasteiger partial charge is 0.344 e. The van der Waals surface area contributed by atoms with Crippen LogP contribution >= 0.6 is 0 Å². The first-order valence-corrected chi connectivity index (χ1v) is 8.53. The molecule has 0 saturated heterocycles. The van der Waals surface area contributed by atoms with E-state index >= 15 is 0 Å². The first kappa shape index (κ1) is 19.5. The third-order valence-electron chi connectivity index (χ3n) is 3.87. The Morgan fingerprint density at radius 3 is 2.23 bits per heavy atom. The van der Waals surface area contributed by atoms with E-state index in [1.807, 2.05) is 64.1 Å². The molecule has 0 aliphatic heterocycles. The fraction of sp³-hybridized carbons (Fsp3) is 0.333. The van der Waals surface area contributed by atoms with Gasteiger partial charge in [0.1, 0.15) is 5.75 Å². The van der Waals surface area contributed by atoms with Gasteiger partial charge in [0.05, 0.1) is 0 Å². The van der Waals surface area contributed by atoms with Gasteiger partial charge in [0, 0.05) is 5.69 Å². The summed E-state index contributed by atoms with van der Waals surface area (Å²) in [5, 5.41) is 2.77. The minimum absolute atomic E-state index is 0.246. The number of benzene rings is 2. The standard InChI is InChI=1S/C21H25NO4/c1-13-6-7-19(16(4)9-13)22-21(24)17(5)26-20(23)12-25-18-10-14(2)8-15(3)11-18/h6-11,17H,12H2,1-5H3,(H,22,24)/t17-/m1/s1. The second kappa shape index (κ2) is 8.52. The van der Waals surface area contributed by atoms with E-state index in [-0.39, 0.29) is 12.5 Å². The van der Waals surface area contributed by atoms with E-state index in [2.05, 4.69) is 5.32 Å². The lowest BCUT2D eigenvalue weighted by Gasteiger charge is -2.15. The van der Waals surface area contributed by atoms with Crippen LogP contribution < -0.4 is 10.1 Å². The van der Waals surface area contributed by atoms with Gasteiger partial charge in [-0.2, -0.15) is 0 Å². The number of carbonyl (C=O) groups is 2. The molecule has 26 heavy (non-hydrogen) atoms. The molecule has 0 bridgehead atoms. The number of ether oxygens (including phenoxy) is 2. The Labute approximate surface area is 154 Å². The zero-order valence-corrected chi connectivity index (χ0v) is 15.9. The first-order valence-electron chi connectivity index (χ1n) is 8.53. The molecule has 1 amide bonds. The van der Waals surface area contributed by atoms with Crippen LogP contribution in [-0.2, 0) is 14.3 Å². The van der Waals surface area contributed by atoms with E-state index in [1.165, 1.54) is 6.92 Å². The summed E-state index contributed by atoms with van der Waals surface area (Å²) in [6.07, 6.45) is -0.911. The van der Waals surface area contributed by atoms with Crippen LogP contribution in [0.3, 0.4) is 0 Å². The molecule has 0 aliphatic carbocycles. The molecule has 0 fully saturated rings. The van der Waals surface area contributed by atoms with Crippen molar-refractivity contribution in [1.29, 1.82) is 0 Å². The maximum absolute atomic E-state index is 12.2. The molecule has 0 radical (unpaired) electrons. The van der Waals surface area contributed by atoms with E-state index in [1.54, 1.807) is 0 Å². The molecule has 2 aromatic rings. The van der Waals surface area contributed by atoms with Gasteiger partial charge in [0.25, 0.3) is 5.91 Å². The third kappa shape index (κ3) is 5.62. The van der Waals surface area contributed by atoms with Crippen LogP contribution in [0.5, 0.6) is 5.75 Å². The Morgan fingerprint density at radius 1 is 0.962 bits per heavy atom. The molecule has 2 aromatic carbocycles. The lowest BCUT2D eigenvalue weighted by molar-refractivity contribution is -0.155. The molecule has 0 aliphatic rings. The summed E-state index contributed by atoms with van der Waals surface area (Å²) in [7, 11) is 0. The third-order valence-corrected chi connectivity index (χ3v) is 3.87. The fourth-order valence-corrected chi connectivity index (χ4v) is 2.63. The molecule has 1 atom stereocenters. The predicted molar refractivity (Wildman–Crippen MR) is 102 cm³/mol. The van der Waals surface area contributed by atoms with Gasteiger partial charge >= 0.3 is 5.97 Å². The molecule has 5 heteroatoms. The van der Waals surface area contributed by atoms with Crippen molar-refractivity contribution < 1.29 is 19.1 Å². The van der Waals surface area contributed by atoms with Gasteiger partial charge in [-0.25, -0.2) is 4.79 Å². The summed E-state index contributed by atoms with van der Waals surface area (Å²) in [4.78, 5) is 24.2. The Balaban J connectivity index is 1.86. The monoisotopic (exact) mass is 355 g/mol. The van der Waals surface area contributed by atoms with Crippen molar-refractivity contribution in [2.45, 2.75) is 40.7 Å². The van der Waals surface area contributed by atoms with Crippen LogP contribution in [0.25, 0.3) is 0 Å². The number of hydrogen-bond donors (Lipinski definition) is 1. The van der Waals surface area contributed by atoms with Crippen molar-refractivity contribution in [1.82, 2.24) is 0 Å². The maximum Gasteiger partial charge on any atom is 0.344 e. The second-order valence-electron chi connectivity index (χ2n) is 6.55. The number of nitrogens with one attached hydrogen (secondary N) is 1. The highest BCUT2D eigenvalue weighted by Gasteiger charge is 2.19. The minimum atomic E-state index is -0.911. The quantitative estimate of drug-likeness (QED) is 0.799. The Kier molecular flexibility index (Phi) is 6.39. The Morgan fingerprint density at radius 2 is 1.62 bits per heavy atom. The number of esters is 1. The Bertz CT molecular complexity index is 793. The highest BCUT2D eigenvalue weighted by atomic mass is 16.6. The van der Waals surface area contributed by atoms with Crippen molar-refractivity contribution in [3.8, 4) is 5.75 Å². The van der Waals surface area contributed by atoms with Crippen molar-refractivity contribution in [2.75, 3.05) is 11.9 Å². The molecule has 138 valence electrons. The molecule has 5 nitrogen and oxygen atoms in total. The first-order chi connectivity index (χ1) is 12.2.